The molecule has 0 radical (unpaired) electrons. The molecule has 0 N–H and O–H groups in total. The summed E-state index contributed by atoms with van der Waals surface area (Å²) in [6.07, 6.45) is 1.34. The predicted octanol–water partition coefficient (Wildman–Crippen LogP) is 2.74. The molecule has 0 saturated heterocycles. The zero-order valence-electron chi connectivity index (χ0n) is 11.2. The maximum Gasteiger partial charge on any atom is 0.234 e. The normalized spacial score (nSPS) is 22.5. The van der Waals surface area contributed by atoms with E-state index in [0.29, 0.717) is 11.8 Å². The van der Waals surface area contributed by atoms with Gasteiger partial charge in [-0.2, -0.15) is 4.98 Å². The smallest absolute Gasteiger partial charge is 0.234 e. The second-order valence-electron chi connectivity index (χ2n) is 6.64. The van der Waals surface area contributed by atoms with Gasteiger partial charge in [-0.25, -0.2) is 0 Å². The molecule has 1 fully saturated rings. The van der Waals surface area contributed by atoms with E-state index in [9.17, 15) is 4.79 Å². The largest absolute Gasteiger partial charge is 0.339 e. The maximum absolute atomic E-state index is 11.8. The zero-order valence-corrected chi connectivity index (χ0v) is 11.2. The highest BCUT2D eigenvalue weighted by Crippen LogP contribution is 2.57. The lowest BCUT2D eigenvalue weighted by Crippen LogP contribution is -2.22. The standard InChI is InChI=1S/C13H20N2O2/c1-12(2,3)9(16)6-10-14-11(15-17-10)8-7-13(8,4)5/h8H,6-7H2,1-5H3. The number of ketones is 1. The lowest BCUT2D eigenvalue weighted by Gasteiger charge is -2.14. The first kappa shape index (κ1) is 12.3. The number of rotatable bonds is 3. The molecule has 0 bridgehead atoms. The summed E-state index contributed by atoms with van der Waals surface area (Å²) in [5.74, 6) is 1.72. The Bertz CT molecular complexity index is 441. The number of carbonyl (C=O) groups is 1. The molecule has 1 aliphatic carbocycles. The fourth-order valence-electron chi connectivity index (χ4n) is 1.79. The molecule has 4 heteroatoms. The summed E-state index contributed by atoms with van der Waals surface area (Å²) in [4.78, 5) is 16.2. The Labute approximate surface area is 102 Å². The SMILES string of the molecule is CC(C)(C)C(=O)Cc1nc(C2CC2(C)C)no1. The molecule has 0 aromatic carbocycles. The Morgan fingerprint density at radius 1 is 1.47 bits per heavy atom. The van der Waals surface area contributed by atoms with Crippen molar-refractivity contribution in [1.82, 2.24) is 10.1 Å². The van der Waals surface area contributed by atoms with Crippen LogP contribution in [0, 0.1) is 10.8 Å². The minimum atomic E-state index is -0.354. The minimum absolute atomic E-state index is 0.128. The Morgan fingerprint density at radius 2 is 2.06 bits per heavy atom. The first-order chi connectivity index (χ1) is 7.70. The number of aromatic nitrogens is 2. The summed E-state index contributed by atoms with van der Waals surface area (Å²) in [5.41, 5.74) is -0.0668. The molecule has 94 valence electrons. The first-order valence-corrected chi connectivity index (χ1v) is 6.06. The molecule has 1 aromatic rings. The molecule has 0 amide bonds. The van der Waals surface area contributed by atoms with E-state index in [-0.39, 0.29) is 23.0 Å². The van der Waals surface area contributed by atoms with Crippen molar-refractivity contribution in [3.63, 3.8) is 0 Å². The third-order valence-corrected chi connectivity index (χ3v) is 3.46. The van der Waals surface area contributed by atoms with Crippen LogP contribution in [0.3, 0.4) is 0 Å². The molecule has 1 saturated carbocycles. The van der Waals surface area contributed by atoms with Gasteiger partial charge in [0.2, 0.25) is 5.89 Å². The average molecular weight is 236 g/mol. The lowest BCUT2D eigenvalue weighted by atomic mass is 9.89. The number of carbonyl (C=O) groups excluding carboxylic acids is 1. The zero-order chi connectivity index (χ0) is 12.8. The van der Waals surface area contributed by atoms with Gasteiger partial charge < -0.3 is 4.52 Å². The van der Waals surface area contributed by atoms with Crippen LogP contribution >= 0.6 is 0 Å². The van der Waals surface area contributed by atoms with Crippen molar-refractivity contribution in [3.05, 3.63) is 11.7 Å². The van der Waals surface area contributed by atoms with Crippen LogP contribution in [-0.4, -0.2) is 15.9 Å². The molecule has 4 nitrogen and oxygen atoms in total. The molecule has 1 heterocycles. The second-order valence-corrected chi connectivity index (χ2v) is 6.64. The summed E-state index contributed by atoms with van der Waals surface area (Å²) in [6, 6.07) is 0. The van der Waals surface area contributed by atoms with Gasteiger partial charge in [0.25, 0.3) is 0 Å². The quantitative estimate of drug-likeness (QED) is 0.809. The summed E-state index contributed by atoms with van der Waals surface area (Å²) < 4.78 is 5.14. The van der Waals surface area contributed by atoms with E-state index in [0.717, 1.165) is 12.2 Å². The van der Waals surface area contributed by atoms with Crippen LogP contribution in [0.2, 0.25) is 0 Å². The summed E-state index contributed by atoms with van der Waals surface area (Å²) in [7, 11) is 0. The number of Topliss-reactive ketones (excluding diaryl/α,β-unsaturated/α-hetero) is 1. The summed E-state index contributed by atoms with van der Waals surface area (Å²) >= 11 is 0. The van der Waals surface area contributed by atoms with E-state index in [1.54, 1.807) is 0 Å². The van der Waals surface area contributed by atoms with Gasteiger partial charge in [-0.15, -0.1) is 0 Å². The molecule has 1 unspecified atom stereocenters. The van der Waals surface area contributed by atoms with Crippen molar-refractivity contribution < 1.29 is 9.32 Å². The Balaban J connectivity index is 2.03. The second kappa shape index (κ2) is 3.65. The van der Waals surface area contributed by atoms with Crippen molar-refractivity contribution in [3.8, 4) is 0 Å². The molecule has 17 heavy (non-hydrogen) atoms. The molecule has 2 rings (SSSR count). The Hall–Kier alpha value is -1.19. The average Bonchev–Trinajstić information content (AvgIpc) is 2.60. The van der Waals surface area contributed by atoms with Crippen molar-refractivity contribution in [2.45, 2.75) is 53.4 Å². The van der Waals surface area contributed by atoms with Crippen LogP contribution in [0.4, 0.5) is 0 Å². The van der Waals surface area contributed by atoms with Crippen molar-refractivity contribution in [2.75, 3.05) is 0 Å². The van der Waals surface area contributed by atoms with Crippen LogP contribution in [0.5, 0.6) is 0 Å². The number of nitrogens with zero attached hydrogens (tertiary/aromatic N) is 2. The van der Waals surface area contributed by atoms with Crippen LogP contribution in [0.1, 0.15) is 58.7 Å². The van der Waals surface area contributed by atoms with E-state index in [2.05, 4.69) is 24.0 Å². The van der Waals surface area contributed by atoms with Gasteiger partial charge in [0, 0.05) is 11.3 Å². The fraction of sp³-hybridized carbons (Fsp3) is 0.769. The van der Waals surface area contributed by atoms with Crippen LogP contribution in [0.15, 0.2) is 4.52 Å². The topological polar surface area (TPSA) is 56.0 Å². The lowest BCUT2D eigenvalue weighted by molar-refractivity contribution is -0.125. The molecule has 1 aromatic heterocycles. The molecule has 1 atom stereocenters. The third-order valence-electron chi connectivity index (χ3n) is 3.46. The van der Waals surface area contributed by atoms with Gasteiger partial charge in [0.05, 0.1) is 6.42 Å². The molecular formula is C13H20N2O2. The fourth-order valence-corrected chi connectivity index (χ4v) is 1.79. The predicted molar refractivity (Wildman–Crippen MR) is 63.6 cm³/mol. The highest BCUT2D eigenvalue weighted by atomic mass is 16.5. The molecule has 1 aliphatic rings. The van der Waals surface area contributed by atoms with E-state index in [1.165, 1.54) is 0 Å². The van der Waals surface area contributed by atoms with E-state index < -0.39 is 0 Å². The molecule has 0 aliphatic heterocycles. The monoisotopic (exact) mass is 236 g/mol. The van der Waals surface area contributed by atoms with Crippen molar-refractivity contribution in [2.24, 2.45) is 10.8 Å². The van der Waals surface area contributed by atoms with E-state index >= 15 is 0 Å². The summed E-state index contributed by atoms with van der Waals surface area (Å²) in [6.45, 7) is 10.1. The van der Waals surface area contributed by atoms with Gasteiger partial charge in [-0.05, 0) is 11.8 Å². The van der Waals surface area contributed by atoms with Crippen molar-refractivity contribution >= 4 is 5.78 Å². The van der Waals surface area contributed by atoms with E-state index in [1.807, 2.05) is 20.8 Å². The van der Waals surface area contributed by atoms with Crippen LogP contribution in [-0.2, 0) is 11.2 Å². The maximum atomic E-state index is 11.8. The number of hydrogen-bond donors (Lipinski definition) is 0. The Kier molecular flexibility index (Phi) is 2.64. The van der Waals surface area contributed by atoms with Gasteiger partial charge in [0.1, 0.15) is 5.78 Å². The van der Waals surface area contributed by atoms with Crippen molar-refractivity contribution in [1.29, 1.82) is 0 Å². The third kappa shape index (κ3) is 2.56. The van der Waals surface area contributed by atoms with E-state index in [4.69, 9.17) is 4.52 Å². The highest BCUT2D eigenvalue weighted by Gasteiger charge is 2.49. The van der Waals surface area contributed by atoms with Gasteiger partial charge >= 0.3 is 0 Å². The summed E-state index contributed by atoms with van der Waals surface area (Å²) in [5, 5.41) is 3.97. The van der Waals surface area contributed by atoms with Crippen LogP contribution < -0.4 is 0 Å². The molecular weight excluding hydrogens is 216 g/mol. The number of hydrogen-bond acceptors (Lipinski definition) is 4. The molecule has 0 spiro atoms. The van der Waals surface area contributed by atoms with Gasteiger partial charge in [-0.1, -0.05) is 39.8 Å². The van der Waals surface area contributed by atoms with Gasteiger partial charge in [0.15, 0.2) is 5.82 Å². The van der Waals surface area contributed by atoms with Crippen LogP contribution in [0.25, 0.3) is 0 Å². The highest BCUT2D eigenvalue weighted by molar-refractivity contribution is 5.84. The Morgan fingerprint density at radius 3 is 2.53 bits per heavy atom. The minimum Gasteiger partial charge on any atom is -0.339 e. The first-order valence-electron chi connectivity index (χ1n) is 6.06. The van der Waals surface area contributed by atoms with Gasteiger partial charge in [-0.3, -0.25) is 4.79 Å².